The summed E-state index contributed by atoms with van der Waals surface area (Å²) < 4.78 is 5.23. The number of hydrogen-bond acceptors (Lipinski definition) is 4. The highest BCUT2D eigenvalue weighted by atomic mass is 35.5. The normalized spacial score (nSPS) is 20.1. The average molecular weight is 350 g/mol. The molecule has 0 unspecified atom stereocenters. The van der Waals surface area contributed by atoms with Gasteiger partial charge in [-0.15, -0.1) is 24.8 Å². The van der Waals surface area contributed by atoms with Crippen LogP contribution in [0, 0.1) is 0 Å². The largest absolute Gasteiger partial charge is 0.495 e. The van der Waals surface area contributed by atoms with Crippen LogP contribution in [0.15, 0.2) is 24.3 Å². The Balaban J connectivity index is 0.00000220. The fourth-order valence-electron chi connectivity index (χ4n) is 2.51. The number of carbonyl (C=O) groups is 1. The van der Waals surface area contributed by atoms with Crippen LogP contribution in [0.5, 0.6) is 5.75 Å². The van der Waals surface area contributed by atoms with Crippen LogP contribution in [0.3, 0.4) is 0 Å². The molecule has 22 heavy (non-hydrogen) atoms. The Labute approximate surface area is 144 Å². The maximum absolute atomic E-state index is 11.9. The van der Waals surface area contributed by atoms with Crippen LogP contribution in [-0.2, 0) is 4.79 Å². The molecule has 1 aromatic rings. The predicted octanol–water partition coefficient (Wildman–Crippen LogP) is 2.34. The second kappa shape index (κ2) is 10.5. The lowest BCUT2D eigenvalue weighted by Gasteiger charge is -2.26. The van der Waals surface area contributed by atoms with E-state index in [1.165, 1.54) is 0 Å². The molecule has 0 aromatic heterocycles. The van der Waals surface area contributed by atoms with Gasteiger partial charge in [-0.2, -0.15) is 0 Å². The number of ether oxygens (including phenoxy) is 1. The van der Waals surface area contributed by atoms with Gasteiger partial charge in [-0.3, -0.25) is 4.79 Å². The first-order chi connectivity index (χ1) is 9.69. The van der Waals surface area contributed by atoms with Crippen LogP contribution >= 0.6 is 24.8 Å². The lowest BCUT2D eigenvalue weighted by molar-refractivity contribution is -0.120. The van der Waals surface area contributed by atoms with Gasteiger partial charge in [0.25, 0.3) is 0 Å². The first-order valence-electron chi connectivity index (χ1n) is 7.11. The first kappa shape index (κ1) is 20.8. The number of para-hydroxylation sites is 2. The molecule has 2 rings (SSSR count). The number of halogens is 2. The van der Waals surface area contributed by atoms with Crippen LogP contribution in [0.2, 0.25) is 0 Å². The molecule has 4 N–H and O–H groups in total. The van der Waals surface area contributed by atoms with Crippen LogP contribution < -0.4 is 21.1 Å². The van der Waals surface area contributed by atoms with E-state index >= 15 is 0 Å². The van der Waals surface area contributed by atoms with E-state index in [0.717, 1.165) is 37.1 Å². The van der Waals surface area contributed by atoms with Crippen molar-refractivity contribution in [2.24, 2.45) is 5.73 Å². The van der Waals surface area contributed by atoms with Gasteiger partial charge in [0, 0.05) is 12.1 Å². The minimum absolute atomic E-state index is 0. The number of nitrogens with one attached hydrogen (secondary N) is 2. The third kappa shape index (κ3) is 6.30. The van der Waals surface area contributed by atoms with Crippen LogP contribution in [0.4, 0.5) is 5.69 Å². The molecule has 0 radical (unpaired) electrons. The Hall–Kier alpha value is -1.17. The maximum Gasteiger partial charge on any atom is 0.239 e. The molecule has 1 fully saturated rings. The molecule has 1 aromatic carbocycles. The van der Waals surface area contributed by atoms with Crippen molar-refractivity contribution in [3.05, 3.63) is 24.3 Å². The van der Waals surface area contributed by atoms with Crippen LogP contribution in [0.1, 0.15) is 25.7 Å². The first-order valence-corrected chi connectivity index (χ1v) is 7.11. The van der Waals surface area contributed by atoms with Crippen molar-refractivity contribution in [2.75, 3.05) is 19.0 Å². The highest BCUT2D eigenvalue weighted by molar-refractivity contribution is 5.85. The van der Waals surface area contributed by atoms with E-state index < -0.39 is 0 Å². The van der Waals surface area contributed by atoms with Crippen molar-refractivity contribution < 1.29 is 9.53 Å². The van der Waals surface area contributed by atoms with E-state index in [1.807, 2.05) is 24.3 Å². The molecule has 0 atom stereocenters. The molecule has 5 nitrogen and oxygen atoms in total. The molecule has 126 valence electrons. The fraction of sp³-hybridized carbons (Fsp3) is 0.533. The second-order valence-corrected chi connectivity index (χ2v) is 5.23. The molecule has 7 heteroatoms. The highest BCUT2D eigenvalue weighted by Gasteiger charge is 2.19. The smallest absolute Gasteiger partial charge is 0.239 e. The quantitative estimate of drug-likeness (QED) is 0.762. The van der Waals surface area contributed by atoms with E-state index in [0.29, 0.717) is 6.04 Å². The van der Waals surface area contributed by atoms with E-state index in [-0.39, 0.29) is 43.3 Å². The number of amides is 1. The summed E-state index contributed by atoms with van der Waals surface area (Å²) in [7, 11) is 1.62. The Bertz CT molecular complexity index is 452. The van der Waals surface area contributed by atoms with E-state index in [4.69, 9.17) is 10.5 Å². The molecule has 0 saturated heterocycles. The number of carbonyl (C=O) groups excluding carboxylic acids is 1. The van der Waals surface area contributed by atoms with Gasteiger partial charge in [-0.25, -0.2) is 0 Å². The van der Waals surface area contributed by atoms with Crippen molar-refractivity contribution in [2.45, 2.75) is 37.8 Å². The van der Waals surface area contributed by atoms with Gasteiger partial charge < -0.3 is 21.1 Å². The Morgan fingerprint density at radius 2 is 1.86 bits per heavy atom. The van der Waals surface area contributed by atoms with Gasteiger partial charge in [0.15, 0.2) is 0 Å². The third-order valence-electron chi connectivity index (χ3n) is 3.68. The summed E-state index contributed by atoms with van der Waals surface area (Å²) in [5.74, 6) is 0.750. The lowest BCUT2D eigenvalue weighted by atomic mass is 9.92. The van der Waals surface area contributed by atoms with Gasteiger partial charge in [0.05, 0.1) is 19.3 Å². The molecule has 0 spiro atoms. The van der Waals surface area contributed by atoms with Crippen molar-refractivity contribution in [1.29, 1.82) is 0 Å². The second-order valence-electron chi connectivity index (χ2n) is 5.23. The monoisotopic (exact) mass is 349 g/mol. The molecule has 1 saturated carbocycles. The Morgan fingerprint density at radius 3 is 2.50 bits per heavy atom. The topological polar surface area (TPSA) is 76.4 Å². The Morgan fingerprint density at radius 1 is 1.23 bits per heavy atom. The molecular weight excluding hydrogens is 325 g/mol. The minimum Gasteiger partial charge on any atom is -0.495 e. The number of hydrogen-bond donors (Lipinski definition) is 3. The van der Waals surface area contributed by atoms with Crippen molar-refractivity contribution in [1.82, 2.24) is 5.32 Å². The van der Waals surface area contributed by atoms with Crippen molar-refractivity contribution in [3.63, 3.8) is 0 Å². The summed E-state index contributed by atoms with van der Waals surface area (Å²) in [6.45, 7) is 0.253. The fourth-order valence-corrected chi connectivity index (χ4v) is 2.51. The standard InChI is InChI=1S/C15H23N3O2.2ClH/c1-20-14-5-3-2-4-13(14)17-10-15(19)18-12-8-6-11(16)7-9-12;;/h2-5,11-12,17H,6-10,16H2,1H3,(H,18,19);2*1H. The minimum atomic E-state index is 0. The summed E-state index contributed by atoms with van der Waals surface area (Å²) >= 11 is 0. The van der Waals surface area contributed by atoms with Crippen LogP contribution in [0.25, 0.3) is 0 Å². The third-order valence-corrected chi connectivity index (χ3v) is 3.68. The van der Waals surface area contributed by atoms with Crippen LogP contribution in [-0.4, -0.2) is 31.6 Å². The maximum atomic E-state index is 11.9. The zero-order valence-electron chi connectivity index (χ0n) is 12.7. The van der Waals surface area contributed by atoms with Gasteiger partial charge in [-0.05, 0) is 37.8 Å². The molecule has 0 aliphatic heterocycles. The van der Waals surface area contributed by atoms with Gasteiger partial charge in [-0.1, -0.05) is 12.1 Å². The average Bonchev–Trinajstić information content (AvgIpc) is 2.48. The van der Waals surface area contributed by atoms with E-state index in [2.05, 4.69) is 10.6 Å². The molecule has 1 aliphatic rings. The Kier molecular flexibility index (Phi) is 9.98. The summed E-state index contributed by atoms with van der Waals surface area (Å²) in [4.78, 5) is 11.9. The predicted molar refractivity (Wildman–Crippen MR) is 94.4 cm³/mol. The molecular formula is C15H25Cl2N3O2. The molecule has 0 heterocycles. The van der Waals surface area contributed by atoms with Gasteiger partial charge >= 0.3 is 0 Å². The number of nitrogens with two attached hydrogens (primary N) is 1. The van der Waals surface area contributed by atoms with Crippen molar-refractivity contribution in [3.8, 4) is 5.75 Å². The number of rotatable bonds is 5. The summed E-state index contributed by atoms with van der Waals surface area (Å²) in [6, 6.07) is 8.13. The van der Waals surface area contributed by atoms with Gasteiger partial charge in [0.1, 0.15) is 5.75 Å². The van der Waals surface area contributed by atoms with Crippen molar-refractivity contribution >= 4 is 36.4 Å². The van der Waals surface area contributed by atoms with E-state index in [1.54, 1.807) is 7.11 Å². The number of benzene rings is 1. The SMILES string of the molecule is COc1ccccc1NCC(=O)NC1CCC(N)CC1.Cl.Cl. The molecule has 1 aliphatic carbocycles. The summed E-state index contributed by atoms with van der Waals surface area (Å²) in [5.41, 5.74) is 6.68. The molecule has 0 bridgehead atoms. The summed E-state index contributed by atoms with van der Waals surface area (Å²) in [6.07, 6.45) is 3.93. The van der Waals surface area contributed by atoms with Gasteiger partial charge in [0.2, 0.25) is 5.91 Å². The lowest BCUT2D eigenvalue weighted by Crippen LogP contribution is -2.42. The highest BCUT2D eigenvalue weighted by Crippen LogP contribution is 2.22. The summed E-state index contributed by atoms with van der Waals surface area (Å²) in [5, 5.41) is 6.15. The molecule has 1 amide bonds. The number of methoxy groups -OCH3 is 1. The zero-order chi connectivity index (χ0) is 14.4. The zero-order valence-corrected chi connectivity index (χ0v) is 14.3. The van der Waals surface area contributed by atoms with E-state index in [9.17, 15) is 4.79 Å². The number of anilines is 1.